The van der Waals surface area contributed by atoms with Crippen LogP contribution in [0.5, 0.6) is 0 Å². The van der Waals surface area contributed by atoms with Crippen molar-refractivity contribution in [1.82, 2.24) is 5.32 Å². The van der Waals surface area contributed by atoms with Crippen LogP contribution in [-0.2, 0) is 11.2 Å². The molecule has 29 heavy (non-hydrogen) atoms. The second-order valence-electron chi connectivity index (χ2n) is 8.18. The molecule has 1 aliphatic heterocycles. The monoisotopic (exact) mass is 402 g/mol. The molecule has 148 valence electrons. The molecule has 1 amide bonds. The summed E-state index contributed by atoms with van der Waals surface area (Å²) in [6.07, 6.45) is 0.623. The molecule has 1 aromatic carbocycles. The largest absolute Gasteiger partial charge is 0.350 e. The first-order valence-electron chi connectivity index (χ1n) is 10.1. The molecule has 0 radical (unpaired) electrons. The summed E-state index contributed by atoms with van der Waals surface area (Å²) >= 11 is 5.60. The van der Waals surface area contributed by atoms with E-state index in [1.54, 1.807) is 4.90 Å². The average Bonchev–Trinajstić information content (AvgIpc) is 3.06. The van der Waals surface area contributed by atoms with Crippen LogP contribution in [0.2, 0.25) is 0 Å². The lowest BCUT2D eigenvalue weighted by molar-refractivity contribution is -0.118. The first kappa shape index (κ1) is 19.6. The fourth-order valence-corrected chi connectivity index (χ4v) is 4.42. The summed E-state index contributed by atoms with van der Waals surface area (Å²) < 4.78 is 0. The summed E-state index contributed by atoms with van der Waals surface area (Å²) in [5, 5.41) is 3.72. The molecule has 1 saturated heterocycles. The van der Waals surface area contributed by atoms with Gasteiger partial charge in [0.25, 0.3) is 5.91 Å². The van der Waals surface area contributed by atoms with Crippen molar-refractivity contribution in [1.29, 1.82) is 0 Å². The summed E-state index contributed by atoms with van der Waals surface area (Å²) in [5.41, 5.74) is 7.91. The SMILES string of the molecule is Cc1cc(N2C(=O)C(Cc3ccccc3)NC2=S)c2c(C)ccc(C(C)C)cc1-2. The number of carbonyl (C=O) groups excluding carboxylic acids is 1. The van der Waals surface area contributed by atoms with Gasteiger partial charge in [0.1, 0.15) is 6.04 Å². The smallest absolute Gasteiger partial charge is 0.256 e. The van der Waals surface area contributed by atoms with E-state index in [4.69, 9.17) is 12.2 Å². The third-order valence-corrected chi connectivity index (χ3v) is 6.04. The number of benzene rings is 1. The molecule has 1 unspecified atom stereocenters. The van der Waals surface area contributed by atoms with E-state index in [1.807, 2.05) is 30.3 Å². The summed E-state index contributed by atoms with van der Waals surface area (Å²) in [5.74, 6) is 0.454. The van der Waals surface area contributed by atoms with Gasteiger partial charge in [0.2, 0.25) is 0 Å². The van der Waals surface area contributed by atoms with Gasteiger partial charge in [-0.3, -0.25) is 9.69 Å². The normalized spacial score (nSPS) is 16.7. The molecule has 1 aromatic rings. The lowest BCUT2D eigenvalue weighted by Crippen LogP contribution is -2.32. The van der Waals surface area contributed by atoms with Crippen LogP contribution in [0.25, 0.3) is 11.1 Å². The summed E-state index contributed by atoms with van der Waals surface area (Å²) in [7, 11) is 0. The number of amides is 1. The molecule has 4 heteroatoms. The quantitative estimate of drug-likeness (QED) is 0.596. The highest BCUT2D eigenvalue weighted by Crippen LogP contribution is 2.42. The summed E-state index contributed by atoms with van der Waals surface area (Å²) in [6, 6.07) is 18.4. The van der Waals surface area contributed by atoms with Gasteiger partial charge in [0, 0.05) is 12.0 Å². The second-order valence-corrected chi connectivity index (χ2v) is 8.57. The van der Waals surface area contributed by atoms with Crippen LogP contribution in [0, 0.1) is 13.8 Å². The van der Waals surface area contributed by atoms with Crippen molar-refractivity contribution in [3.05, 3.63) is 76.9 Å². The molecular weight excluding hydrogens is 376 g/mol. The molecule has 2 aliphatic carbocycles. The minimum absolute atomic E-state index is 0.0146. The van der Waals surface area contributed by atoms with E-state index in [2.05, 4.69) is 57.3 Å². The molecule has 1 heterocycles. The number of rotatable bonds is 4. The van der Waals surface area contributed by atoms with Crippen LogP contribution in [0.15, 0.2) is 54.6 Å². The van der Waals surface area contributed by atoms with E-state index >= 15 is 0 Å². The van der Waals surface area contributed by atoms with Crippen LogP contribution in [-0.4, -0.2) is 17.1 Å². The molecule has 3 aliphatic rings. The minimum atomic E-state index is -0.334. The summed E-state index contributed by atoms with van der Waals surface area (Å²) in [4.78, 5) is 15.0. The fraction of sp³-hybridized carbons (Fsp3) is 0.280. The Hall–Kier alpha value is -2.72. The predicted octanol–water partition coefficient (Wildman–Crippen LogP) is 5.36. The topological polar surface area (TPSA) is 32.3 Å². The van der Waals surface area contributed by atoms with Crippen molar-refractivity contribution in [3.63, 3.8) is 0 Å². The molecule has 0 spiro atoms. The Kier molecular flexibility index (Phi) is 5.13. The van der Waals surface area contributed by atoms with E-state index < -0.39 is 0 Å². The number of fused-ring (bicyclic) bond motifs is 1. The lowest BCUT2D eigenvalue weighted by atomic mass is 10.0. The number of hydrogen-bond acceptors (Lipinski definition) is 2. The van der Waals surface area contributed by atoms with E-state index in [9.17, 15) is 4.79 Å². The Balaban J connectivity index is 1.74. The van der Waals surface area contributed by atoms with Gasteiger partial charge >= 0.3 is 0 Å². The number of aryl methyl sites for hydroxylation is 2. The van der Waals surface area contributed by atoms with Crippen molar-refractivity contribution in [2.75, 3.05) is 4.90 Å². The molecule has 1 atom stereocenters. The highest BCUT2D eigenvalue weighted by atomic mass is 32.1. The van der Waals surface area contributed by atoms with Gasteiger partial charge in [-0.1, -0.05) is 62.4 Å². The fourth-order valence-electron chi connectivity index (χ4n) is 4.09. The minimum Gasteiger partial charge on any atom is -0.350 e. The number of hydrogen-bond donors (Lipinski definition) is 1. The maximum absolute atomic E-state index is 13.3. The molecule has 1 fully saturated rings. The van der Waals surface area contributed by atoms with E-state index in [0.717, 1.165) is 22.4 Å². The molecular formula is C25H26N2OS. The number of carbonyl (C=O) groups is 1. The van der Waals surface area contributed by atoms with Gasteiger partial charge in [0.05, 0.1) is 5.69 Å². The predicted molar refractivity (Wildman–Crippen MR) is 124 cm³/mol. The zero-order valence-electron chi connectivity index (χ0n) is 17.3. The Morgan fingerprint density at radius 2 is 1.76 bits per heavy atom. The average molecular weight is 403 g/mol. The molecule has 0 bridgehead atoms. The molecule has 0 saturated carbocycles. The van der Waals surface area contributed by atoms with Gasteiger partial charge in [0.15, 0.2) is 5.11 Å². The highest BCUT2D eigenvalue weighted by molar-refractivity contribution is 7.80. The Labute approximate surface area is 178 Å². The van der Waals surface area contributed by atoms with Gasteiger partial charge in [-0.15, -0.1) is 0 Å². The Morgan fingerprint density at radius 1 is 1.03 bits per heavy atom. The summed E-state index contributed by atoms with van der Waals surface area (Å²) in [6.45, 7) is 8.61. The van der Waals surface area contributed by atoms with Gasteiger partial charge in [-0.05, 0) is 65.9 Å². The van der Waals surface area contributed by atoms with Crippen molar-refractivity contribution in [3.8, 4) is 11.1 Å². The Morgan fingerprint density at radius 3 is 2.45 bits per heavy atom. The van der Waals surface area contributed by atoms with Crippen LogP contribution in [0.1, 0.15) is 42.0 Å². The molecule has 0 aromatic heterocycles. The third-order valence-electron chi connectivity index (χ3n) is 5.74. The standard InChI is InChI=1S/C25H26N2OS/c1-15(2)19-11-10-16(3)23-20(14-19)17(4)12-22(23)27-24(28)21(26-25(27)29)13-18-8-6-5-7-9-18/h5-12,14-15,21H,13H2,1-4H3,(H,26,29). The van der Waals surface area contributed by atoms with E-state index in [1.165, 1.54) is 16.7 Å². The number of nitrogens with zero attached hydrogens (tertiary/aromatic N) is 1. The van der Waals surface area contributed by atoms with Crippen LogP contribution in [0.4, 0.5) is 5.69 Å². The van der Waals surface area contributed by atoms with Gasteiger partial charge in [-0.2, -0.15) is 0 Å². The third kappa shape index (κ3) is 3.53. The maximum Gasteiger partial charge on any atom is 0.256 e. The number of nitrogens with one attached hydrogen (secondary N) is 1. The van der Waals surface area contributed by atoms with Crippen LogP contribution in [0.3, 0.4) is 0 Å². The van der Waals surface area contributed by atoms with Crippen LogP contribution < -0.4 is 10.2 Å². The Bertz CT molecular complexity index is 1060. The van der Waals surface area contributed by atoms with Crippen molar-refractivity contribution >= 4 is 28.9 Å². The zero-order chi connectivity index (χ0) is 20.7. The zero-order valence-corrected chi connectivity index (χ0v) is 18.1. The number of thiocarbonyl (C=S) groups is 1. The van der Waals surface area contributed by atoms with Crippen molar-refractivity contribution in [2.24, 2.45) is 0 Å². The molecule has 4 rings (SSSR count). The lowest BCUT2D eigenvalue weighted by Gasteiger charge is -2.16. The van der Waals surface area contributed by atoms with Gasteiger partial charge in [-0.25, -0.2) is 0 Å². The first-order valence-corrected chi connectivity index (χ1v) is 10.5. The van der Waals surface area contributed by atoms with Crippen molar-refractivity contribution in [2.45, 2.75) is 46.1 Å². The first-order chi connectivity index (χ1) is 13.9. The molecule has 1 N–H and O–H groups in total. The number of anilines is 1. The van der Waals surface area contributed by atoms with E-state index in [0.29, 0.717) is 17.5 Å². The second kappa shape index (κ2) is 7.60. The molecule has 3 nitrogen and oxygen atoms in total. The highest BCUT2D eigenvalue weighted by Gasteiger charge is 2.38. The van der Waals surface area contributed by atoms with E-state index in [-0.39, 0.29) is 11.9 Å². The van der Waals surface area contributed by atoms with Crippen molar-refractivity contribution < 1.29 is 4.79 Å². The van der Waals surface area contributed by atoms with Crippen LogP contribution >= 0.6 is 12.2 Å². The maximum atomic E-state index is 13.3. The van der Waals surface area contributed by atoms with Gasteiger partial charge < -0.3 is 5.32 Å².